The van der Waals surface area contributed by atoms with Gasteiger partial charge in [-0.1, -0.05) is 18.2 Å². The molecule has 63 valence electrons. The molecule has 0 amide bonds. The lowest BCUT2D eigenvalue weighted by Crippen LogP contribution is -1.92. The Morgan fingerprint density at radius 2 is 2.15 bits per heavy atom. The normalized spacial score (nSPS) is 10.2. The summed E-state index contributed by atoms with van der Waals surface area (Å²) < 4.78 is 0. The molecule has 0 N–H and O–H groups in total. The lowest BCUT2D eigenvalue weighted by molar-refractivity contribution is -0.387. The molecule has 0 saturated heterocycles. The maximum Gasteiger partial charge on any atom is 0.372 e. The van der Waals surface area contributed by atoms with Gasteiger partial charge in [0.15, 0.2) is 0 Å². The zero-order valence-corrected chi connectivity index (χ0v) is 6.60. The van der Waals surface area contributed by atoms with E-state index in [1.54, 1.807) is 24.3 Å². The molecule has 1 aromatic heterocycles. The highest BCUT2D eigenvalue weighted by Gasteiger charge is 2.11. The van der Waals surface area contributed by atoms with Gasteiger partial charge in [0, 0.05) is 6.07 Å². The second kappa shape index (κ2) is 2.82. The van der Waals surface area contributed by atoms with Crippen LogP contribution in [0.2, 0.25) is 0 Å². The number of hydrogen-bond donors (Lipinski definition) is 0. The molecule has 2 aromatic rings. The summed E-state index contributed by atoms with van der Waals surface area (Å²) in [4.78, 5) is 13.6. The molecule has 2 rings (SSSR count). The first-order chi connectivity index (χ1) is 6.29. The number of rotatable bonds is 1. The van der Waals surface area contributed by atoms with Gasteiger partial charge >= 0.3 is 5.82 Å². The third kappa shape index (κ3) is 1.22. The van der Waals surface area contributed by atoms with E-state index in [2.05, 4.69) is 11.2 Å². The molecular formula is C9H5N2O2. The summed E-state index contributed by atoms with van der Waals surface area (Å²) >= 11 is 0. The van der Waals surface area contributed by atoms with E-state index in [9.17, 15) is 10.1 Å². The molecule has 0 bridgehead atoms. The molecule has 4 heteroatoms. The Labute approximate surface area is 74.0 Å². The maximum atomic E-state index is 10.5. The third-order valence-corrected chi connectivity index (χ3v) is 1.77. The molecule has 0 aliphatic carbocycles. The number of nitrogens with zero attached hydrogens (tertiary/aromatic N) is 2. The van der Waals surface area contributed by atoms with Gasteiger partial charge in [0.1, 0.15) is 0 Å². The lowest BCUT2D eigenvalue weighted by atomic mass is 10.2. The molecule has 0 saturated carbocycles. The van der Waals surface area contributed by atoms with E-state index in [-0.39, 0.29) is 5.82 Å². The first-order valence-corrected chi connectivity index (χ1v) is 3.69. The van der Waals surface area contributed by atoms with E-state index in [0.717, 1.165) is 5.39 Å². The highest BCUT2D eigenvalue weighted by Crippen LogP contribution is 2.21. The second-order valence-electron chi connectivity index (χ2n) is 2.55. The van der Waals surface area contributed by atoms with Gasteiger partial charge in [-0.3, -0.25) is 0 Å². The van der Waals surface area contributed by atoms with Crippen LogP contribution in [0.1, 0.15) is 0 Å². The SMILES string of the molecule is O=[N+]([O-])c1n[c]cc2ccccc12. The molecular weight excluding hydrogens is 168 g/mol. The second-order valence-corrected chi connectivity index (χ2v) is 2.55. The maximum absolute atomic E-state index is 10.5. The molecule has 0 aliphatic rings. The van der Waals surface area contributed by atoms with Gasteiger partial charge in [0.25, 0.3) is 0 Å². The van der Waals surface area contributed by atoms with Crippen LogP contribution in [0.4, 0.5) is 5.82 Å². The van der Waals surface area contributed by atoms with Crippen molar-refractivity contribution in [3.63, 3.8) is 0 Å². The van der Waals surface area contributed by atoms with E-state index in [0.29, 0.717) is 5.39 Å². The number of pyridine rings is 1. The van der Waals surface area contributed by atoms with Gasteiger partial charge in [-0.05, 0) is 21.4 Å². The Hall–Kier alpha value is -1.97. The fourth-order valence-corrected chi connectivity index (χ4v) is 1.19. The van der Waals surface area contributed by atoms with Gasteiger partial charge in [-0.15, -0.1) is 0 Å². The minimum Gasteiger partial charge on any atom is -0.358 e. The molecule has 0 spiro atoms. The zero-order chi connectivity index (χ0) is 9.26. The standard InChI is InChI=1S/C9H5N2O2/c12-11(13)9-8-4-2-1-3-7(8)5-6-10-9/h1-5H. The molecule has 0 fully saturated rings. The van der Waals surface area contributed by atoms with Crippen molar-refractivity contribution in [1.82, 2.24) is 4.98 Å². The van der Waals surface area contributed by atoms with Crippen molar-refractivity contribution in [2.75, 3.05) is 0 Å². The summed E-state index contributed by atoms with van der Waals surface area (Å²) in [6.07, 6.45) is 2.49. The van der Waals surface area contributed by atoms with Crippen LogP contribution >= 0.6 is 0 Å². The molecule has 1 aromatic carbocycles. The molecule has 13 heavy (non-hydrogen) atoms. The Balaban J connectivity index is 2.83. The highest BCUT2D eigenvalue weighted by molar-refractivity contribution is 5.88. The summed E-state index contributed by atoms with van der Waals surface area (Å²) in [6.45, 7) is 0. The van der Waals surface area contributed by atoms with Crippen molar-refractivity contribution >= 4 is 16.6 Å². The lowest BCUT2D eigenvalue weighted by Gasteiger charge is -1.96. The van der Waals surface area contributed by atoms with Crippen molar-refractivity contribution in [3.05, 3.63) is 46.6 Å². The molecule has 1 radical (unpaired) electrons. The summed E-state index contributed by atoms with van der Waals surface area (Å²) in [5, 5.41) is 11.9. The van der Waals surface area contributed by atoms with Crippen LogP contribution < -0.4 is 0 Å². The Kier molecular flexibility index (Phi) is 1.66. The van der Waals surface area contributed by atoms with Crippen LogP contribution in [-0.4, -0.2) is 9.91 Å². The monoisotopic (exact) mass is 173 g/mol. The quantitative estimate of drug-likeness (QED) is 0.489. The number of fused-ring (bicyclic) bond motifs is 1. The third-order valence-electron chi connectivity index (χ3n) is 1.77. The van der Waals surface area contributed by atoms with Gasteiger partial charge in [0.2, 0.25) is 6.20 Å². The zero-order valence-electron chi connectivity index (χ0n) is 6.60. The molecule has 0 unspecified atom stereocenters. The van der Waals surface area contributed by atoms with Crippen molar-refractivity contribution in [3.8, 4) is 0 Å². The Morgan fingerprint density at radius 3 is 2.92 bits per heavy atom. The van der Waals surface area contributed by atoms with Gasteiger partial charge in [-0.2, -0.15) is 0 Å². The minimum atomic E-state index is -0.501. The van der Waals surface area contributed by atoms with Crippen LogP contribution in [0.15, 0.2) is 30.3 Å². The van der Waals surface area contributed by atoms with E-state index >= 15 is 0 Å². The first-order valence-electron chi connectivity index (χ1n) is 3.69. The number of nitro groups is 1. The van der Waals surface area contributed by atoms with Crippen LogP contribution in [0.5, 0.6) is 0 Å². The van der Waals surface area contributed by atoms with E-state index < -0.39 is 4.92 Å². The minimum absolute atomic E-state index is 0.141. The topological polar surface area (TPSA) is 56.0 Å². The van der Waals surface area contributed by atoms with Crippen molar-refractivity contribution < 1.29 is 4.92 Å². The fraction of sp³-hybridized carbons (Fsp3) is 0. The summed E-state index contributed by atoms with van der Waals surface area (Å²) in [5.41, 5.74) is 0. The summed E-state index contributed by atoms with van der Waals surface area (Å²) in [6, 6.07) is 8.66. The smallest absolute Gasteiger partial charge is 0.358 e. The van der Waals surface area contributed by atoms with Crippen molar-refractivity contribution in [1.29, 1.82) is 0 Å². The summed E-state index contributed by atoms with van der Waals surface area (Å²) in [5.74, 6) is -0.141. The number of aromatic nitrogens is 1. The van der Waals surface area contributed by atoms with Crippen molar-refractivity contribution in [2.24, 2.45) is 0 Å². The van der Waals surface area contributed by atoms with Crippen LogP contribution in [0, 0.1) is 16.3 Å². The van der Waals surface area contributed by atoms with Crippen molar-refractivity contribution in [2.45, 2.75) is 0 Å². The van der Waals surface area contributed by atoms with Crippen LogP contribution in [0.25, 0.3) is 10.8 Å². The van der Waals surface area contributed by atoms with E-state index in [1.165, 1.54) is 0 Å². The van der Waals surface area contributed by atoms with Crippen LogP contribution in [-0.2, 0) is 0 Å². The van der Waals surface area contributed by atoms with Gasteiger partial charge in [0.05, 0.1) is 5.39 Å². The Bertz CT molecular complexity index is 463. The predicted octanol–water partition coefficient (Wildman–Crippen LogP) is 1.94. The molecule has 4 nitrogen and oxygen atoms in total. The molecule has 1 heterocycles. The first kappa shape index (κ1) is 7.67. The summed E-state index contributed by atoms with van der Waals surface area (Å²) in [7, 11) is 0. The molecule has 0 aliphatic heterocycles. The average molecular weight is 173 g/mol. The average Bonchev–Trinajstić information content (AvgIpc) is 2.17. The van der Waals surface area contributed by atoms with Gasteiger partial charge in [-0.25, -0.2) is 0 Å². The van der Waals surface area contributed by atoms with E-state index in [4.69, 9.17) is 0 Å². The number of benzene rings is 1. The van der Waals surface area contributed by atoms with E-state index in [1.807, 2.05) is 6.07 Å². The Morgan fingerprint density at radius 1 is 1.38 bits per heavy atom. The fourth-order valence-electron chi connectivity index (χ4n) is 1.19. The number of hydrogen-bond acceptors (Lipinski definition) is 3. The predicted molar refractivity (Wildman–Crippen MR) is 47.2 cm³/mol. The molecule has 0 atom stereocenters. The van der Waals surface area contributed by atoms with Gasteiger partial charge < -0.3 is 10.1 Å². The highest BCUT2D eigenvalue weighted by atomic mass is 16.6. The largest absolute Gasteiger partial charge is 0.372 e. The van der Waals surface area contributed by atoms with Crippen LogP contribution in [0.3, 0.4) is 0 Å².